The molecule has 1 saturated heterocycles. The topological polar surface area (TPSA) is 71.5 Å². The molecule has 7 heteroatoms. The van der Waals surface area contributed by atoms with Gasteiger partial charge in [0.25, 0.3) is 0 Å². The van der Waals surface area contributed by atoms with Crippen LogP contribution in [-0.4, -0.2) is 49.5 Å². The Labute approximate surface area is 129 Å². The van der Waals surface area contributed by atoms with Crippen LogP contribution in [-0.2, 0) is 19.9 Å². The van der Waals surface area contributed by atoms with Gasteiger partial charge < -0.3 is 0 Å². The molecule has 0 spiro atoms. The largest absolute Gasteiger partial charge is 0.228 e. The summed E-state index contributed by atoms with van der Waals surface area (Å²) < 4.78 is 50.8. The van der Waals surface area contributed by atoms with E-state index >= 15 is 0 Å². The van der Waals surface area contributed by atoms with Gasteiger partial charge in [-0.05, 0) is 40.0 Å². The summed E-state index contributed by atoms with van der Waals surface area (Å²) in [6.07, 6.45) is 4.88. The van der Waals surface area contributed by atoms with Crippen LogP contribution < -0.4 is 0 Å². The van der Waals surface area contributed by atoms with Gasteiger partial charge in [0.05, 0.1) is 15.2 Å². The number of sulfonamides is 1. The average Bonchev–Trinajstić information content (AvgIpc) is 2.89. The molecule has 1 heterocycles. The summed E-state index contributed by atoms with van der Waals surface area (Å²) in [5.41, 5.74) is 0. The van der Waals surface area contributed by atoms with E-state index in [1.165, 1.54) is 4.31 Å². The summed E-state index contributed by atoms with van der Waals surface area (Å²) in [7, 11) is -6.64. The standard InChI is InChI=1S/C14H27NO4S2/c1-14(2,3)20(16,17)13-9-10-15(11-13)21(18,19)12-7-5-4-6-8-12/h12-13H,4-11H2,1-3H3/t13-/m1/s1. The summed E-state index contributed by atoms with van der Waals surface area (Å²) in [6.45, 7) is 5.53. The molecule has 0 aromatic rings. The van der Waals surface area contributed by atoms with Crippen molar-refractivity contribution in [3.8, 4) is 0 Å². The highest BCUT2D eigenvalue weighted by atomic mass is 32.2. The second-order valence-electron chi connectivity index (χ2n) is 7.23. The molecular formula is C14H27NO4S2. The van der Waals surface area contributed by atoms with Crippen molar-refractivity contribution in [3.05, 3.63) is 0 Å². The van der Waals surface area contributed by atoms with Gasteiger partial charge in [-0.25, -0.2) is 21.1 Å². The maximum Gasteiger partial charge on any atom is 0.217 e. The maximum atomic E-state index is 12.6. The van der Waals surface area contributed by atoms with Crippen LogP contribution in [0.25, 0.3) is 0 Å². The summed E-state index contributed by atoms with van der Waals surface area (Å²) in [4.78, 5) is 0. The Hall–Kier alpha value is -0.140. The van der Waals surface area contributed by atoms with Crippen LogP contribution in [0, 0.1) is 0 Å². The first-order valence-corrected chi connectivity index (χ1v) is 10.8. The Kier molecular flexibility index (Phi) is 4.77. The zero-order chi connectivity index (χ0) is 15.9. The highest BCUT2D eigenvalue weighted by Crippen LogP contribution is 2.32. The number of rotatable bonds is 3. The Morgan fingerprint density at radius 2 is 1.43 bits per heavy atom. The first-order valence-electron chi connectivity index (χ1n) is 7.79. The number of sulfone groups is 1. The van der Waals surface area contributed by atoms with Crippen molar-refractivity contribution >= 4 is 19.9 Å². The summed E-state index contributed by atoms with van der Waals surface area (Å²) in [5, 5.41) is -0.863. The molecule has 0 N–H and O–H groups in total. The molecule has 0 aromatic heterocycles. The van der Waals surface area contributed by atoms with E-state index in [1.54, 1.807) is 20.8 Å². The van der Waals surface area contributed by atoms with Gasteiger partial charge in [-0.15, -0.1) is 0 Å². The van der Waals surface area contributed by atoms with Crippen molar-refractivity contribution in [3.63, 3.8) is 0 Å². The predicted octanol–water partition coefficient (Wildman–Crippen LogP) is 1.94. The van der Waals surface area contributed by atoms with E-state index in [2.05, 4.69) is 0 Å². The summed E-state index contributed by atoms with van der Waals surface area (Å²) in [5.74, 6) is 0. The summed E-state index contributed by atoms with van der Waals surface area (Å²) >= 11 is 0. The van der Waals surface area contributed by atoms with Crippen molar-refractivity contribution in [2.75, 3.05) is 13.1 Å². The first kappa shape index (κ1) is 17.2. The van der Waals surface area contributed by atoms with Gasteiger partial charge in [0.15, 0.2) is 9.84 Å². The third-order valence-corrected chi connectivity index (χ3v) is 10.1. The van der Waals surface area contributed by atoms with Crippen molar-refractivity contribution in [2.45, 2.75) is 74.5 Å². The van der Waals surface area contributed by atoms with E-state index in [9.17, 15) is 16.8 Å². The van der Waals surface area contributed by atoms with Crippen LogP contribution >= 0.6 is 0 Å². The van der Waals surface area contributed by atoms with Crippen molar-refractivity contribution in [1.82, 2.24) is 4.31 Å². The Bertz CT molecular complexity index is 569. The van der Waals surface area contributed by atoms with E-state index in [0.29, 0.717) is 13.0 Å². The van der Waals surface area contributed by atoms with E-state index in [-0.39, 0.29) is 11.8 Å². The molecule has 1 aliphatic carbocycles. The second-order valence-corrected chi connectivity index (χ2v) is 12.4. The molecule has 2 fully saturated rings. The van der Waals surface area contributed by atoms with Crippen molar-refractivity contribution in [2.24, 2.45) is 0 Å². The zero-order valence-electron chi connectivity index (χ0n) is 13.2. The SMILES string of the molecule is CC(C)(C)S(=O)(=O)[C@@H]1CCN(S(=O)(=O)C2CCCCC2)C1. The van der Waals surface area contributed by atoms with Gasteiger partial charge in [0.2, 0.25) is 10.0 Å². The van der Waals surface area contributed by atoms with Crippen LogP contribution in [0.1, 0.15) is 59.3 Å². The Balaban J connectivity index is 2.12. The third-order valence-electron chi connectivity index (χ3n) is 4.73. The molecule has 2 aliphatic rings. The zero-order valence-corrected chi connectivity index (χ0v) is 14.8. The molecule has 21 heavy (non-hydrogen) atoms. The number of nitrogens with zero attached hydrogens (tertiary/aromatic N) is 1. The molecule has 0 radical (unpaired) electrons. The molecule has 0 aromatic carbocycles. The van der Waals surface area contributed by atoms with Gasteiger partial charge in [0.1, 0.15) is 0 Å². The minimum absolute atomic E-state index is 0.137. The highest BCUT2D eigenvalue weighted by molar-refractivity contribution is 7.93. The van der Waals surface area contributed by atoms with Crippen molar-refractivity contribution in [1.29, 1.82) is 0 Å². The lowest BCUT2D eigenvalue weighted by atomic mass is 10.0. The van der Waals surface area contributed by atoms with Gasteiger partial charge in [-0.1, -0.05) is 19.3 Å². The monoisotopic (exact) mass is 337 g/mol. The molecule has 5 nitrogen and oxygen atoms in total. The van der Waals surface area contributed by atoms with Crippen LogP contribution in [0.5, 0.6) is 0 Å². The van der Waals surface area contributed by atoms with E-state index in [1.807, 2.05) is 0 Å². The third kappa shape index (κ3) is 3.29. The highest BCUT2D eigenvalue weighted by Gasteiger charge is 2.45. The van der Waals surface area contributed by atoms with Gasteiger partial charge in [0, 0.05) is 13.1 Å². The molecular weight excluding hydrogens is 310 g/mol. The minimum atomic E-state index is -3.33. The molecule has 1 saturated carbocycles. The summed E-state index contributed by atoms with van der Waals surface area (Å²) in [6, 6.07) is 0. The quantitative estimate of drug-likeness (QED) is 0.789. The molecule has 1 aliphatic heterocycles. The number of hydrogen-bond donors (Lipinski definition) is 0. The van der Waals surface area contributed by atoms with Crippen LogP contribution in [0.15, 0.2) is 0 Å². The van der Waals surface area contributed by atoms with Crippen LogP contribution in [0.2, 0.25) is 0 Å². The van der Waals surface area contributed by atoms with Crippen molar-refractivity contribution < 1.29 is 16.8 Å². The van der Waals surface area contributed by atoms with E-state index in [0.717, 1.165) is 32.1 Å². The van der Waals surface area contributed by atoms with Crippen LogP contribution in [0.4, 0.5) is 0 Å². The molecule has 124 valence electrons. The molecule has 2 rings (SSSR count). The lowest BCUT2D eigenvalue weighted by molar-refractivity contribution is 0.428. The first-order chi connectivity index (χ1) is 9.57. The predicted molar refractivity (Wildman–Crippen MR) is 84.4 cm³/mol. The van der Waals surface area contributed by atoms with Gasteiger partial charge in [-0.2, -0.15) is 0 Å². The fraction of sp³-hybridized carbons (Fsp3) is 1.00. The van der Waals surface area contributed by atoms with E-state index < -0.39 is 29.9 Å². The van der Waals surface area contributed by atoms with Gasteiger partial charge >= 0.3 is 0 Å². The lowest BCUT2D eigenvalue weighted by Crippen LogP contribution is -2.42. The smallest absolute Gasteiger partial charge is 0.217 e. The molecule has 0 amide bonds. The fourth-order valence-electron chi connectivity index (χ4n) is 3.26. The molecule has 0 unspecified atom stereocenters. The minimum Gasteiger partial charge on any atom is -0.228 e. The average molecular weight is 338 g/mol. The number of hydrogen-bond acceptors (Lipinski definition) is 4. The molecule has 0 bridgehead atoms. The Morgan fingerprint density at radius 1 is 0.857 bits per heavy atom. The van der Waals surface area contributed by atoms with E-state index in [4.69, 9.17) is 0 Å². The normalized spacial score (nSPS) is 27.1. The fourth-order valence-corrected chi connectivity index (χ4v) is 7.24. The van der Waals surface area contributed by atoms with Gasteiger partial charge in [-0.3, -0.25) is 0 Å². The molecule has 1 atom stereocenters. The lowest BCUT2D eigenvalue weighted by Gasteiger charge is -2.28. The maximum absolute atomic E-state index is 12.6. The Morgan fingerprint density at radius 3 is 1.95 bits per heavy atom. The van der Waals surface area contributed by atoms with Crippen LogP contribution in [0.3, 0.4) is 0 Å². The second kappa shape index (κ2) is 5.81.